The first-order chi connectivity index (χ1) is 16.2. The molecular formula is C24H33N3O6. The zero-order chi connectivity index (χ0) is 21.8. The number of nitrogens with zero attached hydrogens (tertiary/aromatic N) is 3. The third kappa shape index (κ3) is 4.91. The summed E-state index contributed by atoms with van der Waals surface area (Å²) in [4.78, 5) is 13.3. The highest BCUT2D eigenvalue weighted by Gasteiger charge is 2.45. The standard InChI is InChI=1S/C24H33N3O6/c1-4-16-19(31-16)7-13(1)10-28-22-25-23(29-11-14-2-5-17-20(8-14)32-17)27-24(26-22)30-12-15-3-6-18-21(9-15)33-18/h13-21H,1-12H2. The van der Waals surface area contributed by atoms with Gasteiger partial charge < -0.3 is 28.4 Å². The van der Waals surface area contributed by atoms with Gasteiger partial charge in [0.2, 0.25) is 0 Å². The molecule has 33 heavy (non-hydrogen) atoms. The average molecular weight is 460 g/mol. The molecule has 3 saturated carbocycles. The lowest BCUT2D eigenvalue weighted by molar-refractivity contribution is 0.167. The molecule has 3 saturated heterocycles. The highest BCUT2D eigenvalue weighted by molar-refractivity contribution is 5.09. The molecule has 6 aliphatic rings. The molecule has 0 radical (unpaired) electrons. The molecule has 9 unspecified atom stereocenters. The zero-order valence-electron chi connectivity index (χ0n) is 19.0. The Labute approximate surface area is 193 Å². The number of aromatic nitrogens is 3. The van der Waals surface area contributed by atoms with Gasteiger partial charge in [-0.15, -0.1) is 15.0 Å². The average Bonchev–Trinajstić information content (AvgIpc) is 3.72. The minimum atomic E-state index is 0.289. The van der Waals surface area contributed by atoms with E-state index >= 15 is 0 Å². The fraction of sp³-hybridized carbons (Fsp3) is 0.875. The molecule has 0 bridgehead atoms. The van der Waals surface area contributed by atoms with Gasteiger partial charge in [-0.1, -0.05) is 0 Å². The monoisotopic (exact) mass is 459 g/mol. The van der Waals surface area contributed by atoms with Gasteiger partial charge in [0.15, 0.2) is 0 Å². The molecule has 180 valence electrons. The lowest BCUT2D eigenvalue weighted by Gasteiger charge is -2.20. The van der Waals surface area contributed by atoms with Crippen LogP contribution in [-0.2, 0) is 14.2 Å². The summed E-state index contributed by atoms with van der Waals surface area (Å²) in [5.41, 5.74) is 0. The van der Waals surface area contributed by atoms with E-state index in [1.54, 1.807) is 0 Å². The molecule has 6 fully saturated rings. The van der Waals surface area contributed by atoms with Gasteiger partial charge in [-0.25, -0.2) is 0 Å². The van der Waals surface area contributed by atoms with E-state index in [0.29, 0.717) is 74.2 Å². The molecule has 1 aromatic heterocycles. The Bertz CT molecular complexity index is 751. The molecule has 7 rings (SSSR count). The number of ether oxygens (including phenoxy) is 6. The third-order valence-electron chi connectivity index (χ3n) is 8.26. The topological polar surface area (TPSA) is 104 Å². The lowest BCUT2D eigenvalue weighted by Crippen LogP contribution is -2.22. The van der Waals surface area contributed by atoms with Crippen LogP contribution in [0.15, 0.2) is 0 Å². The minimum Gasteiger partial charge on any atom is -0.463 e. The van der Waals surface area contributed by atoms with E-state index in [4.69, 9.17) is 28.4 Å². The predicted octanol–water partition coefficient (Wildman–Crippen LogP) is 2.71. The largest absolute Gasteiger partial charge is 0.463 e. The second-order valence-electron chi connectivity index (χ2n) is 10.8. The summed E-state index contributed by atoms with van der Waals surface area (Å²) in [6.07, 6.45) is 12.7. The first-order valence-electron chi connectivity index (χ1n) is 12.9. The van der Waals surface area contributed by atoms with E-state index in [1.165, 1.54) is 0 Å². The van der Waals surface area contributed by atoms with Crippen LogP contribution in [0.25, 0.3) is 0 Å². The second-order valence-corrected chi connectivity index (χ2v) is 10.8. The quantitative estimate of drug-likeness (QED) is 0.516. The van der Waals surface area contributed by atoms with E-state index in [-0.39, 0.29) is 18.0 Å². The summed E-state index contributed by atoms with van der Waals surface area (Å²) < 4.78 is 35.0. The Kier molecular flexibility index (Phi) is 5.32. The SMILES string of the molecule is C1CC2OC2CC1COc1nc(OCC2CCC3OC3C2)nc(OCC2CCC3OC3C2)n1. The number of hydrogen-bond donors (Lipinski definition) is 0. The van der Waals surface area contributed by atoms with E-state index in [2.05, 4.69) is 15.0 Å². The number of epoxide rings is 3. The summed E-state index contributed by atoms with van der Waals surface area (Å²) in [5, 5.41) is 0. The van der Waals surface area contributed by atoms with E-state index in [1.807, 2.05) is 0 Å². The molecular weight excluding hydrogens is 426 g/mol. The highest BCUT2D eigenvalue weighted by atomic mass is 16.6. The van der Waals surface area contributed by atoms with Gasteiger partial charge >= 0.3 is 18.0 Å². The fourth-order valence-electron chi connectivity index (χ4n) is 6.01. The Hall–Kier alpha value is -1.71. The van der Waals surface area contributed by atoms with Crippen molar-refractivity contribution in [2.75, 3.05) is 19.8 Å². The lowest BCUT2D eigenvalue weighted by atomic mass is 9.90. The molecule has 0 N–H and O–H groups in total. The van der Waals surface area contributed by atoms with Crippen molar-refractivity contribution in [1.29, 1.82) is 0 Å². The number of hydrogen-bond acceptors (Lipinski definition) is 9. The van der Waals surface area contributed by atoms with Crippen LogP contribution >= 0.6 is 0 Å². The summed E-state index contributed by atoms with van der Waals surface area (Å²) in [7, 11) is 0. The van der Waals surface area contributed by atoms with Crippen molar-refractivity contribution in [2.45, 2.75) is 94.4 Å². The summed E-state index contributed by atoms with van der Waals surface area (Å²) in [6.45, 7) is 1.75. The van der Waals surface area contributed by atoms with Crippen LogP contribution < -0.4 is 14.2 Å². The normalized spacial score (nSPS) is 42.4. The summed E-state index contributed by atoms with van der Waals surface area (Å²) >= 11 is 0. The number of fused-ring (bicyclic) bond motifs is 3. The predicted molar refractivity (Wildman–Crippen MR) is 114 cm³/mol. The third-order valence-corrected chi connectivity index (χ3v) is 8.26. The van der Waals surface area contributed by atoms with Crippen LogP contribution in [-0.4, -0.2) is 71.4 Å². The molecule has 4 heterocycles. The van der Waals surface area contributed by atoms with Crippen molar-refractivity contribution in [2.24, 2.45) is 17.8 Å². The van der Waals surface area contributed by atoms with Gasteiger partial charge in [0.1, 0.15) is 0 Å². The molecule has 0 spiro atoms. The molecule has 9 nitrogen and oxygen atoms in total. The second kappa shape index (κ2) is 8.50. The van der Waals surface area contributed by atoms with Crippen molar-refractivity contribution in [3.8, 4) is 18.0 Å². The van der Waals surface area contributed by atoms with E-state index in [0.717, 1.165) is 57.8 Å². The molecule has 9 heteroatoms. The van der Waals surface area contributed by atoms with Crippen LogP contribution in [0.3, 0.4) is 0 Å². The maximum Gasteiger partial charge on any atom is 0.325 e. The maximum absolute atomic E-state index is 6.01. The van der Waals surface area contributed by atoms with Crippen LogP contribution in [0.4, 0.5) is 0 Å². The molecule has 1 aromatic rings. The van der Waals surface area contributed by atoms with Gasteiger partial charge in [-0.2, -0.15) is 0 Å². The maximum atomic E-state index is 6.01. The molecule has 0 amide bonds. The Morgan fingerprint density at radius 2 is 0.818 bits per heavy atom. The summed E-state index contributed by atoms with van der Waals surface area (Å²) in [5.74, 6) is 1.42. The minimum absolute atomic E-state index is 0.289. The van der Waals surface area contributed by atoms with Crippen LogP contribution in [0.2, 0.25) is 0 Å². The van der Waals surface area contributed by atoms with Gasteiger partial charge in [0.25, 0.3) is 0 Å². The fourth-order valence-corrected chi connectivity index (χ4v) is 6.01. The van der Waals surface area contributed by atoms with Crippen molar-refractivity contribution in [3.05, 3.63) is 0 Å². The Morgan fingerprint density at radius 1 is 0.485 bits per heavy atom. The van der Waals surface area contributed by atoms with Gasteiger partial charge in [0.05, 0.1) is 56.4 Å². The van der Waals surface area contributed by atoms with Crippen molar-refractivity contribution in [1.82, 2.24) is 15.0 Å². The Balaban J connectivity index is 0.984. The van der Waals surface area contributed by atoms with Crippen LogP contribution in [0.5, 0.6) is 18.0 Å². The van der Waals surface area contributed by atoms with E-state index in [9.17, 15) is 0 Å². The zero-order valence-corrected chi connectivity index (χ0v) is 19.0. The molecule has 3 aliphatic carbocycles. The smallest absolute Gasteiger partial charge is 0.325 e. The van der Waals surface area contributed by atoms with Crippen molar-refractivity contribution < 1.29 is 28.4 Å². The first kappa shape index (κ1) is 20.6. The van der Waals surface area contributed by atoms with Crippen molar-refractivity contribution in [3.63, 3.8) is 0 Å². The Morgan fingerprint density at radius 3 is 1.12 bits per heavy atom. The van der Waals surface area contributed by atoms with Gasteiger partial charge in [-0.05, 0) is 75.5 Å². The van der Waals surface area contributed by atoms with E-state index < -0.39 is 0 Å². The van der Waals surface area contributed by atoms with Crippen molar-refractivity contribution >= 4 is 0 Å². The molecule has 9 atom stereocenters. The van der Waals surface area contributed by atoms with Crippen LogP contribution in [0.1, 0.15) is 57.8 Å². The molecule has 0 aromatic carbocycles. The highest BCUT2D eigenvalue weighted by Crippen LogP contribution is 2.41. The van der Waals surface area contributed by atoms with Gasteiger partial charge in [0, 0.05) is 0 Å². The first-order valence-corrected chi connectivity index (χ1v) is 12.9. The van der Waals surface area contributed by atoms with Gasteiger partial charge in [-0.3, -0.25) is 0 Å². The number of rotatable bonds is 9. The van der Waals surface area contributed by atoms with Crippen LogP contribution in [0, 0.1) is 17.8 Å². The molecule has 3 aliphatic heterocycles. The summed E-state index contributed by atoms with van der Waals surface area (Å²) in [6, 6.07) is 0.868.